The van der Waals surface area contributed by atoms with E-state index in [4.69, 9.17) is 9.47 Å². The van der Waals surface area contributed by atoms with Crippen molar-refractivity contribution in [2.24, 2.45) is 0 Å². The van der Waals surface area contributed by atoms with Gasteiger partial charge in [0, 0.05) is 23.3 Å². The zero-order chi connectivity index (χ0) is 19.6. The van der Waals surface area contributed by atoms with E-state index in [-0.39, 0.29) is 18.2 Å². The molecule has 0 unspecified atom stereocenters. The van der Waals surface area contributed by atoms with E-state index in [1.165, 1.54) is 24.2 Å². The molecule has 0 atom stereocenters. The third-order valence-electron chi connectivity index (χ3n) is 4.14. The van der Waals surface area contributed by atoms with Crippen LogP contribution in [0.15, 0.2) is 53.8 Å². The SMILES string of the molecule is Fc1c(C#Cc2cnc3[nH]ncc3c2)ccnc1NSc1cccc2c1OCO2. The number of fused-ring (bicyclic) bond motifs is 2. The fourth-order valence-electron chi connectivity index (χ4n) is 2.74. The maximum Gasteiger partial charge on any atom is 0.231 e. The van der Waals surface area contributed by atoms with Gasteiger partial charge in [-0.25, -0.2) is 14.4 Å². The number of H-pyrrole nitrogens is 1. The standard InChI is InChI=1S/C20H12FN5O2S/c21-17-13(5-4-12-8-14-10-24-25-19(14)23-9-12)6-7-22-20(17)26-29-16-3-1-2-15-18(16)28-11-27-15/h1-3,6-10H,11H2,(H,22,26)(H,23,24,25). The molecule has 142 valence electrons. The minimum Gasteiger partial charge on any atom is -0.454 e. The molecule has 29 heavy (non-hydrogen) atoms. The van der Waals surface area contributed by atoms with Gasteiger partial charge < -0.3 is 14.2 Å². The summed E-state index contributed by atoms with van der Waals surface area (Å²) in [5.74, 6) is 6.60. The maximum absolute atomic E-state index is 14.8. The number of benzene rings is 1. The van der Waals surface area contributed by atoms with Crippen LogP contribution in [-0.2, 0) is 0 Å². The summed E-state index contributed by atoms with van der Waals surface area (Å²) in [6.45, 7) is 0.171. The van der Waals surface area contributed by atoms with Crippen LogP contribution in [0.3, 0.4) is 0 Å². The number of anilines is 1. The molecular weight excluding hydrogens is 393 g/mol. The van der Waals surface area contributed by atoms with Crippen LogP contribution >= 0.6 is 11.9 Å². The number of aromatic nitrogens is 4. The van der Waals surface area contributed by atoms with Crippen LogP contribution in [0, 0.1) is 17.7 Å². The van der Waals surface area contributed by atoms with E-state index in [2.05, 4.69) is 36.7 Å². The van der Waals surface area contributed by atoms with Gasteiger partial charge in [0.25, 0.3) is 0 Å². The highest BCUT2D eigenvalue weighted by Crippen LogP contribution is 2.40. The molecule has 0 saturated carbocycles. The Balaban J connectivity index is 1.37. The van der Waals surface area contributed by atoms with Gasteiger partial charge in [-0.3, -0.25) is 5.10 Å². The molecule has 0 saturated heterocycles. The Kier molecular flexibility index (Phi) is 4.38. The van der Waals surface area contributed by atoms with Gasteiger partial charge in [-0.1, -0.05) is 17.9 Å². The first-order valence-corrected chi connectivity index (χ1v) is 9.37. The van der Waals surface area contributed by atoms with Gasteiger partial charge >= 0.3 is 0 Å². The van der Waals surface area contributed by atoms with E-state index < -0.39 is 5.82 Å². The van der Waals surface area contributed by atoms with Gasteiger partial charge in [0.2, 0.25) is 6.79 Å². The van der Waals surface area contributed by atoms with Crippen LogP contribution in [0.4, 0.5) is 10.2 Å². The lowest BCUT2D eigenvalue weighted by Gasteiger charge is -2.08. The van der Waals surface area contributed by atoms with Crippen molar-refractivity contribution < 1.29 is 13.9 Å². The predicted molar refractivity (Wildman–Crippen MR) is 106 cm³/mol. The molecule has 5 rings (SSSR count). The molecule has 4 heterocycles. The average Bonchev–Trinajstić information content (AvgIpc) is 3.41. The largest absolute Gasteiger partial charge is 0.454 e. The normalized spacial score (nSPS) is 11.9. The van der Waals surface area contributed by atoms with E-state index in [1.54, 1.807) is 12.4 Å². The summed E-state index contributed by atoms with van der Waals surface area (Å²) in [5, 5.41) is 7.54. The molecule has 9 heteroatoms. The van der Waals surface area contributed by atoms with E-state index in [0.29, 0.717) is 22.7 Å². The van der Waals surface area contributed by atoms with Crippen LogP contribution < -0.4 is 14.2 Å². The second-order valence-electron chi connectivity index (χ2n) is 6.00. The Hall–Kier alpha value is -3.77. The number of hydrogen-bond donors (Lipinski definition) is 2. The van der Waals surface area contributed by atoms with Crippen molar-refractivity contribution in [3.8, 4) is 23.3 Å². The Bertz CT molecular complexity index is 1280. The molecule has 2 N–H and O–H groups in total. The lowest BCUT2D eigenvalue weighted by atomic mass is 10.2. The molecule has 0 spiro atoms. The number of hydrogen-bond acceptors (Lipinski definition) is 7. The van der Waals surface area contributed by atoms with Crippen LogP contribution in [0.1, 0.15) is 11.1 Å². The van der Waals surface area contributed by atoms with Crippen molar-refractivity contribution in [1.29, 1.82) is 0 Å². The molecule has 1 aliphatic rings. The smallest absolute Gasteiger partial charge is 0.231 e. The van der Waals surface area contributed by atoms with Crippen molar-refractivity contribution in [2.45, 2.75) is 4.90 Å². The van der Waals surface area contributed by atoms with Crippen LogP contribution in [0.5, 0.6) is 11.5 Å². The first-order chi connectivity index (χ1) is 14.3. The second-order valence-corrected chi connectivity index (χ2v) is 6.85. The van der Waals surface area contributed by atoms with E-state index in [1.807, 2.05) is 24.3 Å². The summed E-state index contributed by atoms with van der Waals surface area (Å²) in [7, 11) is 0. The predicted octanol–water partition coefficient (Wildman–Crippen LogP) is 3.74. The van der Waals surface area contributed by atoms with Gasteiger partial charge in [-0.2, -0.15) is 5.10 Å². The Morgan fingerprint density at radius 2 is 2.10 bits per heavy atom. The molecule has 0 fully saturated rings. The third kappa shape index (κ3) is 3.41. The van der Waals surface area contributed by atoms with Gasteiger partial charge in [-0.15, -0.1) is 0 Å². The summed E-state index contributed by atoms with van der Waals surface area (Å²) < 4.78 is 28.5. The zero-order valence-electron chi connectivity index (χ0n) is 14.8. The molecule has 0 aliphatic carbocycles. The summed E-state index contributed by atoms with van der Waals surface area (Å²) in [6, 6.07) is 8.88. The highest BCUT2D eigenvalue weighted by atomic mass is 32.2. The van der Waals surface area contributed by atoms with Crippen LogP contribution in [0.2, 0.25) is 0 Å². The first-order valence-electron chi connectivity index (χ1n) is 8.55. The van der Waals surface area contributed by atoms with Crippen molar-refractivity contribution in [2.75, 3.05) is 11.5 Å². The Morgan fingerprint density at radius 3 is 3.07 bits per heavy atom. The average molecular weight is 405 g/mol. The number of ether oxygens (including phenoxy) is 2. The number of nitrogens with zero attached hydrogens (tertiary/aromatic N) is 3. The van der Waals surface area contributed by atoms with E-state index in [0.717, 1.165) is 10.3 Å². The molecule has 0 bridgehead atoms. The molecule has 3 aromatic heterocycles. The molecule has 4 aromatic rings. The second kappa shape index (κ2) is 7.33. The minimum absolute atomic E-state index is 0.0849. The van der Waals surface area contributed by atoms with E-state index in [9.17, 15) is 4.39 Å². The van der Waals surface area contributed by atoms with E-state index >= 15 is 0 Å². The highest BCUT2D eigenvalue weighted by Gasteiger charge is 2.18. The van der Waals surface area contributed by atoms with Gasteiger partial charge in [0.05, 0.1) is 16.7 Å². The topological polar surface area (TPSA) is 85.0 Å². The van der Waals surface area contributed by atoms with Crippen LogP contribution in [0.25, 0.3) is 11.0 Å². The summed E-state index contributed by atoms with van der Waals surface area (Å²) in [6.07, 6.45) is 4.77. The fourth-order valence-corrected chi connectivity index (χ4v) is 3.49. The molecule has 1 aliphatic heterocycles. The Morgan fingerprint density at radius 1 is 1.14 bits per heavy atom. The van der Waals surface area contributed by atoms with Gasteiger partial charge in [0.15, 0.2) is 28.8 Å². The highest BCUT2D eigenvalue weighted by molar-refractivity contribution is 8.00. The van der Waals surface area contributed by atoms with Crippen molar-refractivity contribution in [1.82, 2.24) is 20.2 Å². The number of nitrogens with one attached hydrogen (secondary N) is 2. The van der Waals surface area contributed by atoms with Gasteiger partial charge in [-0.05, 0) is 36.2 Å². The fraction of sp³-hybridized carbons (Fsp3) is 0.0500. The van der Waals surface area contributed by atoms with Crippen molar-refractivity contribution in [3.05, 3.63) is 65.9 Å². The summed E-state index contributed by atoms with van der Waals surface area (Å²) >= 11 is 1.19. The molecule has 1 aromatic carbocycles. The number of rotatable bonds is 3. The third-order valence-corrected chi connectivity index (χ3v) is 4.98. The number of halogens is 1. The zero-order valence-corrected chi connectivity index (χ0v) is 15.6. The number of pyridine rings is 2. The summed E-state index contributed by atoms with van der Waals surface area (Å²) in [4.78, 5) is 9.06. The lowest BCUT2D eigenvalue weighted by molar-refractivity contribution is 0.172. The number of para-hydroxylation sites is 1. The molecule has 0 amide bonds. The molecular formula is C20H12FN5O2S. The lowest BCUT2D eigenvalue weighted by Crippen LogP contribution is -1.98. The first kappa shape index (κ1) is 17.3. The quantitative estimate of drug-likeness (QED) is 0.397. The molecule has 0 radical (unpaired) electrons. The summed E-state index contributed by atoms with van der Waals surface area (Å²) in [5.41, 5.74) is 1.57. The number of aromatic amines is 1. The monoisotopic (exact) mass is 405 g/mol. The van der Waals surface area contributed by atoms with Gasteiger partial charge in [0.1, 0.15) is 0 Å². The van der Waals surface area contributed by atoms with Crippen LogP contribution in [-0.4, -0.2) is 27.0 Å². The Labute approximate surface area is 168 Å². The minimum atomic E-state index is -0.533. The molecule has 7 nitrogen and oxygen atoms in total. The maximum atomic E-state index is 14.8. The van der Waals surface area contributed by atoms with Crippen molar-refractivity contribution in [3.63, 3.8) is 0 Å². The van der Waals surface area contributed by atoms with Crippen molar-refractivity contribution >= 4 is 28.8 Å².